The molecule has 0 aliphatic rings. The number of amides is 1. The normalized spacial score (nSPS) is 11.4. The molecule has 3 rings (SSSR count). The number of nitrogens with one attached hydrogen (secondary N) is 2. The van der Waals surface area contributed by atoms with Crippen molar-refractivity contribution in [1.29, 1.82) is 0 Å². The Bertz CT molecular complexity index is 1420. The topological polar surface area (TPSA) is 162 Å². The molecule has 0 saturated carbocycles. The maximum Gasteiger partial charge on any atom is 0.326 e. The van der Waals surface area contributed by atoms with Gasteiger partial charge in [0.2, 0.25) is 0 Å². The lowest BCUT2D eigenvalue weighted by Crippen LogP contribution is -2.41. The number of aliphatic carboxylic acids is 2. The summed E-state index contributed by atoms with van der Waals surface area (Å²) >= 11 is 0. The molecule has 11 nitrogen and oxygen atoms in total. The predicted molar refractivity (Wildman–Crippen MR) is 136 cm³/mol. The van der Waals surface area contributed by atoms with Crippen molar-refractivity contribution >= 4 is 34.4 Å². The third-order valence-corrected chi connectivity index (χ3v) is 5.57. The lowest BCUT2D eigenvalue weighted by molar-refractivity contribution is -0.140. The second kappa shape index (κ2) is 11.7. The van der Waals surface area contributed by atoms with Crippen LogP contribution in [-0.2, 0) is 16.1 Å². The largest absolute Gasteiger partial charge is 0.494 e. The number of carboxylic acids is 2. The first kappa shape index (κ1) is 26.7. The van der Waals surface area contributed by atoms with Crippen molar-refractivity contribution in [3.05, 3.63) is 63.7 Å². The molecule has 0 fully saturated rings. The molecule has 1 amide bonds. The molecule has 3 aromatic rings. The van der Waals surface area contributed by atoms with Crippen molar-refractivity contribution in [2.75, 3.05) is 18.6 Å². The number of aryl methyl sites for hydroxylation is 1. The summed E-state index contributed by atoms with van der Waals surface area (Å²) in [4.78, 5) is 56.0. The second-order valence-electron chi connectivity index (χ2n) is 8.25. The minimum absolute atomic E-state index is 0.200. The first-order chi connectivity index (χ1) is 17.6. The number of ether oxygens (including phenoxy) is 1. The van der Waals surface area contributed by atoms with E-state index >= 15 is 0 Å². The summed E-state index contributed by atoms with van der Waals surface area (Å²) in [6, 6.07) is 8.53. The maximum atomic E-state index is 12.5. The highest BCUT2D eigenvalue weighted by molar-refractivity contribution is 5.97. The third kappa shape index (κ3) is 6.64. The van der Waals surface area contributed by atoms with E-state index in [1.807, 2.05) is 4.90 Å². The Kier molecular flexibility index (Phi) is 8.47. The zero-order valence-corrected chi connectivity index (χ0v) is 20.3. The van der Waals surface area contributed by atoms with Gasteiger partial charge in [0, 0.05) is 24.2 Å². The Morgan fingerprint density at radius 2 is 1.92 bits per heavy atom. The van der Waals surface area contributed by atoms with E-state index in [2.05, 4.69) is 21.2 Å². The molecular formula is C26H26N4O7. The van der Waals surface area contributed by atoms with Gasteiger partial charge in [0.25, 0.3) is 11.5 Å². The van der Waals surface area contributed by atoms with Gasteiger partial charge < -0.3 is 30.2 Å². The Hall–Kier alpha value is -4.85. The summed E-state index contributed by atoms with van der Waals surface area (Å²) in [5.41, 5.74) is 1.80. The van der Waals surface area contributed by atoms with Gasteiger partial charge in [0.15, 0.2) is 0 Å². The number of anilines is 1. The number of nitrogens with zero attached hydrogens (tertiary/aromatic N) is 2. The Morgan fingerprint density at radius 3 is 2.51 bits per heavy atom. The van der Waals surface area contributed by atoms with E-state index < -0.39 is 30.3 Å². The van der Waals surface area contributed by atoms with Crippen LogP contribution in [0.25, 0.3) is 10.9 Å². The third-order valence-electron chi connectivity index (χ3n) is 5.57. The fourth-order valence-corrected chi connectivity index (χ4v) is 3.79. The summed E-state index contributed by atoms with van der Waals surface area (Å²) in [5, 5.41) is 20.8. The molecule has 1 atom stereocenters. The number of benzene rings is 2. The summed E-state index contributed by atoms with van der Waals surface area (Å²) in [7, 11) is 1.50. The van der Waals surface area contributed by atoms with Crippen LogP contribution >= 0.6 is 0 Å². The van der Waals surface area contributed by atoms with Crippen molar-refractivity contribution in [2.45, 2.75) is 32.4 Å². The number of fused-ring (bicyclic) bond motifs is 1. The van der Waals surface area contributed by atoms with E-state index in [9.17, 15) is 24.3 Å². The van der Waals surface area contributed by atoms with Crippen LogP contribution in [-0.4, -0.2) is 57.7 Å². The molecule has 0 bridgehead atoms. The van der Waals surface area contributed by atoms with Crippen molar-refractivity contribution in [3.63, 3.8) is 0 Å². The highest BCUT2D eigenvalue weighted by Crippen LogP contribution is 2.26. The van der Waals surface area contributed by atoms with Gasteiger partial charge in [-0.25, -0.2) is 9.78 Å². The van der Waals surface area contributed by atoms with Crippen molar-refractivity contribution in [2.24, 2.45) is 0 Å². The lowest BCUT2D eigenvalue weighted by atomic mass is 10.1. The van der Waals surface area contributed by atoms with E-state index in [-0.39, 0.29) is 24.1 Å². The molecule has 11 heteroatoms. The van der Waals surface area contributed by atoms with Crippen LogP contribution in [0.2, 0.25) is 0 Å². The molecule has 0 aliphatic carbocycles. The van der Waals surface area contributed by atoms with E-state index in [1.165, 1.54) is 19.2 Å². The van der Waals surface area contributed by atoms with Crippen LogP contribution in [0.4, 0.5) is 5.69 Å². The quantitative estimate of drug-likeness (QED) is 0.285. The highest BCUT2D eigenvalue weighted by atomic mass is 16.5. The summed E-state index contributed by atoms with van der Waals surface area (Å²) in [6.45, 7) is 2.24. The smallest absolute Gasteiger partial charge is 0.326 e. The van der Waals surface area contributed by atoms with Gasteiger partial charge in [0.1, 0.15) is 23.1 Å². The summed E-state index contributed by atoms with van der Waals surface area (Å²) in [5.74, 6) is 0.395. The molecular weight excluding hydrogens is 480 g/mol. The second-order valence-corrected chi connectivity index (χ2v) is 8.25. The molecule has 0 radical (unpaired) electrons. The fraction of sp³-hybridized carbons (Fsp3) is 0.269. The van der Waals surface area contributed by atoms with Gasteiger partial charge in [-0.3, -0.25) is 14.4 Å². The van der Waals surface area contributed by atoms with E-state index in [0.29, 0.717) is 34.7 Å². The summed E-state index contributed by atoms with van der Waals surface area (Å²) in [6.07, 6.45) is 4.95. The highest BCUT2D eigenvalue weighted by Gasteiger charge is 2.22. The average molecular weight is 507 g/mol. The monoisotopic (exact) mass is 506 g/mol. The van der Waals surface area contributed by atoms with Gasteiger partial charge in [-0.15, -0.1) is 6.42 Å². The number of rotatable bonds is 11. The van der Waals surface area contributed by atoms with Gasteiger partial charge >= 0.3 is 11.9 Å². The zero-order valence-electron chi connectivity index (χ0n) is 20.3. The first-order valence-corrected chi connectivity index (χ1v) is 11.2. The predicted octanol–water partition coefficient (Wildman–Crippen LogP) is 1.93. The van der Waals surface area contributed by atoms with E-state index in [1.54, 1.807) is 31.2 Å². The number of H-pyrrole nitrogens is 1. The Morgan fingerprint density at radius 1 is 1.22 bits per heavy atom. The number of terminal acetylenes is 1. The number of hydrogen-bond acceptors (Lipinski definition) is 7. The first-order valence-electron chi connectivity index (χ1n) is 11.2. The van der Waals surface area contributed by atoms with Gasteiger partial charge in [-0.05, 0) is 55.3 Å². The molecule has 0 unspecified atom stereocenters. The van der Waals surface area contributed by atoms with Gasteiger partial charge in [0.05, 0.1) is 19.0 Å². The SMILES string of the molecule is C#CCN(Cc1cc(OC)c2nc(C)[nH]c(=O)c2c1)c1ccc(C(=O)N[C@@H](CCC(=O)O)C(=O)O)cc1. The molecule has 1 aromatic heterocycles. The molecule has 0 saturated heterocycles. The van der Waals surface area contributed by atoms with Crippen molar-refractivity contribution < 1.29 is 29.3 Å². The molecule has 37 heavy (non-hydrogen) atoms. The molecule has 4 N–H and O–H groups in total. The van der Waals surface area contributed by atoms with Crippen LogP contribution in [0.5, 0.6) is 5.75 Å². The van der Waals surface area contributed by atoms with Crippen LogP contribution in [0.3, 0.4) is 0 Å². The van der Waals surface area contributed by atoms with E-state index in [0.717, 1.165) is 5.56 Å². The van der Waals surface area contributed by atoms with E-state index in [4.69, 9.17) is 16.3 Å². The molecule has 0 spiro atoms. The van der Waals surface area contributed by atoms with Gasteiger partial charge in [-0.1, -0.05) is 5.92 Å². The summed E-state index contributed by atoms with van der Waals surface area (Å²) < 4.78 is 5.45. The van der Waals surface area contributed by atoms with Crippen molar-refractivity contribution in [1.82, 2.24) is 15.3 Å². The molecule has 1 heterocycles. The standard InChI is InChI=1S/C26H26N4O7/c1-4-11-30(14-16-12-19-23(21(13-16)37-3)27-15(2)28-25(19)34)18-7-5-17(6-8-18)24(33)29-20(26(35)36)9-10-22(31)32/h1,5-8,12-13,20H,9-11,14H2,2-3H3,(H,29,33)(H,31,32)(H,35,36)(H,27,28,34)/t20-/m0/s1. The Balaban J connectivity index is 1.83. The number of carboxylic acid groups (broad SMARTS) is 2. The fourth-order valence-electron chi connectivity index (χ4n) is 3.79. The van der Waals surface area contributed by atoms with Crippen LogP contribution in [0.1, 0.15) is 34.6 Å². The van der Waals surface area contributed by atoms with Crippen molar-refractivity contribution in [3.8, 4) is 18.1 Å². The molecule has 192 valence electrons. The maximum absolute atomic E-state index is 12.5. The number of aromatic amines is 1. The van der Waals surface area contributed by atoms with Crippen LogP contribution in [0, 0.1) is 19.3 Å². The Labute approximate surface area is 212 Å². The average Bonchev–Trinajstić information content (AvgIpc) is 2.85. The van der Waals surface area contributed by atoms with Crippen LogP contribution < -0.4 is 20.5 Å². The van der Waals surface area contributed by atoms with Crippen LogP contribution in [0.15, 0.2) is 41.2 Å². The van der Waals surface area contributed by atoms with Gasteiger partial charge in [-0.2, -0.15) is 0 Å². The molecule has 0 aliphatic heterocycles. The number of carbonyl (C=O) groups is 3. The molecule has 2 aromatic carbocycles. The lowest BCUT2D eigenvalue weighted by Gasteiger charge is -2.23. The number of aromatic nitrogens is 2. The number of methoxy groups -OCH3 is 1. The number of carbonyl (C=O) groups excluding carboxylic acids is 1. The zero-order chi connectivity index (χ0) is 27.1. The minimum atomic E-state index is -1.33. The minimum Gasteiger partial charge on any atom is -0.494 e. The number of hydrogen-bond donors (Lipinski definition) is 4.